The summed E-state index contributed by atoms with van der Waals surface area (Å²) in [5, 5.41) is 10.2. The van der Waals surface area contributed by atoms with E-state index in [-0.39, 0.29) is 12.0 Å². The molecule has 1 aliphatic heterocycles. The molecule has 1 atom stereocenters. The number of carbonyl (C=O) groups is 1. The van der Waals surface area contributed by atoms with Gasteiger partial charge in [-0.3, -0.25) is 4.79 Å². The smallest absolute Gasteiger partial charge is 0.290 e. The van der Waals surface area contributed by atoms with Crippen molar-refractivity contribution in [1.82, 2.24) is 15.1 Å². The van der Waals surface area contributed by atoms with Crippen LogP contribution in [0.3, 0.4) is 0 Å². The van der Waals surface area contributed by atoms with Crippen LogP contribution in [0.15, 0.2) is 33.0 Å². The third-order valence-corrected chi connectivity index (χ3v) is 6.96. The van der Waals surface area contributed by atoms with Crippen LogP contribution in [0, 0.1) is 6.92 Å². The van der Waals surface area contributed by atoms with Crippen molar-refractivity contribution in [3.05, 3.63) is 40.6 Å². The summed E-state index contributed by atoms with van der Waals surface area (Å²) in [6, 6.07) is 7.84. The molecule has 1 amide bonds. The molecule has 154 valence electrons. The highest BCUT2D eigenvalue weighted by molar-refractivity contribution is 8.00. The first kappa shape index (κ1) is 20.4. The molecule has 2 aromatic heterocycles. The highest BCUT2D eigenvalue weighted by atomic mass is 32.2. The molecule has 3 aromatic rings. The topological polar surface area (TPSA) is 68.5 Å². The van der Waals surface area contributed by atoms with Crippen molar-refractivity contribution in [3.63, 3.8) is 0 Å². The number of nitrogens with zero attached hydrogens (tertiary/aromatic N) is 3. The van der Waals surface area contributed by atoms with E-state index in [9.17, 15) is 4.79 Å². The number of benzene rings is 1. The van der Waals surface area contributed by atoms with Crippen molar-refractivity contribution in [2.75, 3.05) is 19.7 Å². The second-order valence-corrected chi connectivity index (χ2v) is 9.57. The van der Waals surface area contributed by atoms with Gasteiger partial charge in [0.05, 0.1) is 6.10 Å². The van der Waals surface area contributed by atoms with Crippen LogP contribution >= 0.6 is 23.1 Å². The van der Waals surface area contributed by atoms with Crippen LogP contribution in [0.4, 0.5) is 0 Å². The molecule has 0 bridgehead atoms. The predicted octanol–water partition coefficient (Wildman–Crippen LogP) is 4.92. The molecule has 29 heavy (non-hydrogen) atoms. The van der Waals surface area contributed by atoms with Gasteiger partial charge in [-0.15, -0.1) is 10.2 Å². The van der Waals surface area contributed by atoms with E-state index >= 15 is 0 Å². The van der Waals surface area contributed by atoms with Crippen molar-refractivity contribution in [1.29, 1.82) is 0 Å². The molecule has 1 fully saturated rings. The van der Waals surface area contributed by atoms with Gasteiger partial charge in [-0.1, -0.05) is 48.2 Å². The Morgan fingerprint density at radius 3 is 3.03 bits per heavy atom. The molecule has 0 saturated carbocycles. The lowest BCUT2D eigenvalue weighted by molar-refractivity contribution is 0.00118. The molecule has 1 unspecified atom stereocenters. The highest BCUT2D eigenvalue weighted by Gasteiger charge is 2.29. The van der Waals surface area contributed by atoms with Gasteiger partial charge in [0.2, 0.25) is 0 Å². The summed E-state index contributed by atoms with van der Waals surface area (Å²) in [6.45, 7) is 6.14. The number of carbonyl (C=O) groups excluding carboxylic acids is 1. The number of aryl methyl sites for hydroxylation is 1. The van der Waals surface area contributed by atoms with Gasteiger partial charge >= 0.3 is 0 Å². The normalized spacial score (nSPS) is 17.2. The zero-order valence-corrected chi connectivity index (χ0v) is 18.4. The average molecular weight is 432 g/mol. The maximum atomic E-state index is 13.4. The molecular weight excluding hydrogens is 406 g/mol. The second-order valence-electron chi connectivity index (χ2n) is 7.17. The van der Waals surface area contributed by atoms with E-state index in [4.69, 9.17) is 9.15 Å². The number of thioether (sulfide) groups is 1. The zero-order valence-electron chi connectivity index (χ0n) is 16.7. The Morgan fingerprint density at radius 2 is 2.24 bits per heavy atom. The fourth-order valence-corrected chi connectivity index (χ4v) is 5.42. The SMILES string of the molecule is CCCOC1CCCN(C(=O)c2oc3ccccc3c2CSc2nnc(C)s2)C1. The van der Waals surface area contributed by atoms with Crippen LogP contribution in [0.25, 0.3) is 11.0 Å². The maximum Gasteiger partial charge on any atom is 0.290 e. The number of rotatable bonds is 7. The Balaban J connectivity index is 1.57. The molecule has 8 heteroatoms. The number of likely N-dealkylation sites (tertiary alicyclic amines) is 1. The molecule has 4 rings (SSSR count). The number of amides is 1. The Kier molecular flexibility index (Phi) is 6.52. The van der Waals surface area contributed by atoms with E-state index in [2.05, 4.69) is 17.1 Å². The van der Waals surface area contributed by atoms with E-state index in [1.165, 1.54) is 0 Å². The van der Waals surface area contributed by atoms with Crippen LogP contribution in [-0.2, 0) is 10.5 Å². The summed E-state index contributed by atoms with van der Waals surface area (Å²) in [5.41, 5.74) is 1.68. The van der Waals surface area contributed by atoms with Gasteiger partial charge in [0.1, 0.15) is 10.6 Å². The molecule has 0 aliphatic carbocycles. The minimum absolute atomic E-state index is 0.0463. The van der Waals surface area contributed by atoms with Crippen LogP contribution < -0.4 is 0 Å². The molecule has 1 aliphatic rings. The predicted molar refractivity (Wildman–Crippen MR) is 116 cm³/mol. The number of para-hydroxylation sites is 1. The maximum absolute atomic E-state index is 13.4. The zero-order chi connectivity index (χ0) is 20.2. The second kappa shape index (κ2) is 9.28. The summed E-state index contributed by atoms with van der Waals surface area (Å²) >= 11 is 3.16. The summed E-state index contributed by atoms with van der Waals surface area (Å²) in [5.74, 6) is 1.02. The Hall–Kier alpha value is -1.90. The molecule has 0 N–H and O–H groups in total. The number of hydrogen-bond donors (Lipinski definition) is 0. The van der Waals surface area contributed by atoms with Gasteiger partial charge in [0, 0.05) is 36.4 Å². The van der Waals surface area contributed by atoms with Gasteiger partial charge in [-0.25, -0.2) is 0 Å². The van der Waals surface area contributed by atoms with Crippen molar-refractivity contribution >= 4 is 40.0 Å². The van der Waals surface area contributed by atoms with Crippen molar-refractivity contribution in [2.45, 2.75) is 49.3 Å². The number of piperidine rings is 1. The number of furan rings is 1. The first-order chi connectivity index (χ1) is 14.2. The molecule has 1 aromatic carbocycles. The third-order valence-electron chi connectivity index (χ3n) is 4.96. The average Bonchev–Trinajstić information content (AvgIpc) is 3.33. The lowest BCUT2D eigenvalue weighted by atomic mass is 10.1. The molecular formula is C21H25N3O3S2. The van der Waals surface area contributed by atoms with Crippen LogP contribution in [0.5, 0.6) is 0 Å². The largest absolute Gasteiger partial charge is 0.451 e. The number of ether oxygens (including phenoxy) is 1. The lowest BCUT2D eigenvalue weighted by Crippen LogP contribution is -2.43. The molecule has 0 radical (unpaired) electrons. The van der Waals surface area contributed by atoms with Crippen LogP contribution in [0.2, 0.25) is 0 Å². The van der Waals surface area contributed by atoms with E-state index in [0.29, 0.717) is 18.1 Å². The summed E-state index contributed by atoms with van der Waals surface area (Å²) in [4.78, 5) is 15.2. The first-order valence-electron chi connectivity index (χ1n) is 10.00. The first-order valence-corrected chi connectivity index (χ1v) is 11.8. The summed E-state index contributed by atoms with van der Waals surface area (Å²) in [6.07, 6.45) is 3.05. The minimum Gasteiger partial charge on any atom is -0.451 e. The molecule has 0 spiro atoms. The summed E-state index contributed by atoms with van der Waals surface area (Å²) < 4.78 is 12.8. The quantitative estimate of drug-likeness (QED) is 0.495. The van der Waals surface area contributed by atoms with Gasteiger partial charge in [0.15, 0.2) is 10.1 Å². The number of fused-ring (bicyclic) bond motifs is 1. The minimum atomic E-state index is -0.0463. The standard InChI is InChI=1S/C21H25N3O3S2/c1-3-11-26-15-7-6-10-24(12-15)20(25)19-17(13-28-21-23-22-14(2)29-21)16-8-4-5-9-18(16)27-19/h4-5,8-9,15H,3,6-7,10-13H2,1-2H3. The Morgan fingerprint density at radius 1 is 1.38 bits per heavy atom. The number of aromatic nitrogens is 2. The van der Waals surface area contributed by atoms with Gasteiger partial charge in [0.25, 0.3) is 5.91 Å². The van der Waals surface area contributed by atoms with E-state index in [0.717, 1.165) is 58.3 Å². The van der Waals surface area contributed by atoms with Gasteiger partial charge < -0.3 is 14.1 Å². The van der Waals surface area contributed by atoms with E-state index < -0.39 is 0 Å². The highest BCUT2D eigenvalue weighted by Crippen LogP contribution is 2.34. The molecule has 3 heterocycles. The summed E-state index contributed by atoms with van der Waals surface area (Å²) in [7, 11) is 0. The van der Waals surface area contributed by atoms with Crippen molar-refractivity contribution in [2.24, 2.45) is 0 Å². The van der Waals surface area contributed by atoms with E-state index in [1.54, 1.807) is 23.1 Å². The van der Waals surface area contributed by atoms with Crippen molar-refractivity contribution < 1.29 is 13.9 Å². The molecule has 1 saturated heterocycles. The van der Waals surface area contributed by atoms with E-state index in [1.807, 2.05) is 36.1 Å². The fourth-order valence-electron chi connectivity index (χ4n) is 3.57. The van der Waals surface area contributed by atoms with Crippen molar-refractivity contribution in [3.8, 4) is 0 Å². The van der Waals surface area contributed by atoms with Gasteiger partial charge in [-0.2, -0.15) is 0 Å². The van der Waals surface area contributed by atoms with Crippen LogP contribution in [0.1, 0.15) is 47.3 Å². The Labute approximate surface area is 178 Å². The lowest BCUT2D eigenvalue weighted by Gasteiger charge is -2.32. The Bertz CT molecular complexity index is 985. The third kappa shape index (κ3) is 4.65. The monoisotopic (exact) mass is 431 g/mol. The van der Waals surface area contributed by atoms with Crippen LogP contribution in [-0.4, -0.2) is 46.8 Å². The molecule has 6 nitrogen and oxygen atoms in total. The fraction of sp³-hybridized carbons (Fsp3) is 0.476. The number of hydrogen-bond acceptors (Lipinski definition) is 7. The van der Waals surface area contributed by atoms with Gasteiger partial charge in [-0.05, 0) is 32.3 Å².